The van der Waals surface area contributed by atoms with E-state index in [4.69, 9.17) is 9.84 Å². The van der Waals surface area contributed by atoms with Crippen LogP contribution in [0.1, 0.15) is 11.3 Å². The van der Waals surface area contributed by atoms with Crippen LogP contribution in [0, 0.1) is 6.92 Å². The number of aliphatic hydroxyl groups excluding tert-OH is 1. The van der Waals surface area contributed by atoms with Crippen molar-refractivity contribution in [3.63, 3.8) is 0 Å². The molecule has 0 unspecified atom stereocenters. The molecule has 0 atom stereocenters. The van der Waals surface area contributed by atoms with Gasteiger partial charge in [-0.05, 0) is 19.1 Å². The number of aliphatic hydroxyl groups is 1. The first-order valence-corrected chi connectivity index (χ1v) is 5.85. The summed E-state index contributed by atoms with van der Waals surface area (Å²) in [6, 6.07) is 5.17. The summed E-state index contributed by atoms with van der Waals surface area (Å²) < 4.78 is 45.9. The van der Waals surface area contributed by atoms with Crippen molar-refractivity contribution < 1.29 is 27.8 Å². The Bertz CT molecular complexity index is 632. The molecule has 0 aliphatic heterocycles. The summed E-state index contributed by atoms with van der Waals surface area (Å²) in [5.41, 5.74) is 0.971. The molecular weight excluding hydrogens is 289 g/mol. The van der Waals surface area contributed by atoms with Crippen LogP contribution in [-0.2, 0) is 6.61 Å². The van der Waals surface area contributed by atoms with E-state index in [2.05, 4.69) is 14.7 Å². The Kier molecular flexibility index (Phi) is 4.27. The maximum Gasteiger partial charge on any atom is 0.573 e. The molecule has 1 heterocycles. The molecule has 0 aliphatic rings. The standard InChI is InChI=1S/C13H11F3N2O3/c1-8-9(7-19)6-17-12(18-8)20-10-4-2-3-5-11(10)21-13(14,15)16/h2-6,19H,7H2,1H3. The Balaban J connectivity index is 2.25. The minimum atomic E-state index is -4.82. The molecule has 0 spiro atoms. The highest BCUT2D eigenvalue weighted by Crippen LogP contribution is 2.33. The predicted octanol–water partition coefficient (Wildman–Crippen LogP) is 2.97. The SMILES string of the molecule is Cc1nc(Oc2ccccc2OC(F)(F)F)ncc1CO. The topological polar surface area (TPSA) is 64.5 Å². The fourth-order valence-electron chi connectivity index (χ4n) is 1.52. The van der Waals surface area contributed by atoms with Crippen molar-refractivity contribution >= 4 is 0 Å². The summed E-state index contributed by atoms with van der Waals surface area (Å²) in [5, 5.41) is 9.00. The van der Waals surface area contributed by atoms with Crippen molar-refractivity contribution in [2.24, 2.45) is 0 Å². The molecule has 1 aromatic heterocycles. The zero-order valence-electron chi connectivity index (χ0n) is 10.9. The summed E-state index contributed by atoms with van der Waals surface area (Å²) in [5.74, 6) is -0.650. The maximum absolute atomic E-state index is 12.3. The molecule has 0 aliphatic carbocycles. The number of para-hydroxylation sites is 2. The van der Waals surface area contributed by atoms with E-state index in [9.17, 15) is 13.2 Å². The molecule has 0 amide bonds. The molecule has 2 aromatic rings. The first-order valence-electron chi connectivity index (χ1n) is 5.85. The Morgan fingerprint density at radius 1 is 1.19 bits per heavy atom. The van der Waals surface area contributed by atoms with Crippen LogP contribution in [0.5, 0.6) is 17.5 Å². The quantitative estimate of drug-likeness (QED) is 0.940. The normalized spacial score (nSPS) is 11.3. The van der Waals surface area contributed by atoms with Gasteiger partial charge in [0.2, 0.25) is 0 Å². The lowest BCUT2D eigenvalue weighted by atomic mass is 10.3. The molecule has 1 N–H and O–H groups in total. The molecular formula is C13H11F3N2O3. The fourth-order valence-corrected chi connectivity index (χ4v) is 1.52. The number of rotatable bonds is 4. The number of halogens is 3. The Labute approximate surface area is 118 Å². The van der Waals surface area contributed by atoms with Crippen molar-refractivity contribution in [3.8, 4) is 17.5 Å². The van der Waals surface area contributed by atoms with E-state index in [-0.39, 0.29) is 18.4 Å². The highest BCUT2D eigenvalue weighted by molar-refractivity contribution is 5.41. The van der Waals surface area contributed by atoms with E-state index in [1.54, 1.807) is 6.92 Å². The molecule has 2 rings (SSSR count). The van der Waals surface area contributed by atoms with Crippen LogP contribution in [0.4, 0.5) is 13.2 Å². The molecule has 5 nitrogen and oxygen atoms in total. The summed E-state index contributed by atoms with van der Waals surface area (Å²) in [6.07, 6.45) is -3.48. The number of nitrogens with zero attached hydrogens (tertiary/aromatic N) is 2. The van der Waals surface area contributed by atoms with Gasteiger partial charge in [0.25, 0.3) is 0 Å². The summed E-state index contributed by atoms with van der Waals surface area (Å²) in [4.78, 5) is 7.76. The van der Waals surface area contributed by atoms with Gasteiger partial charge in [-0.25, -0.2) is 4.98 Å². The molecule has 1 aromatic carbocycles. The fraction of sp³-hybridized carbons (Fsp3) is 0.231. The lowest BCUT2D eigenvalue weighted by molar-refractivity contribution is -0.275. The van der Waals surface area contributed by atoms with Gasteiger partial charge in [-0.3, -0.25) is 0 Å². The van der Waals surface area contributed by atoms with E-state index >= 15 is 0 Å². The molecule has 0 saturated heterocycles. The van der Waals surface area contributed by atoms with Crippen LogP contribution >= 0.6 is 0 Å². The van der Waals surface area contributed by atoms with E-state index < -0.39 is 12.1 Å². The predicted molar refractivity (Wildman–Crippen MR) is 65.9 cm³/mol. The molecule has 0 radical (unpaired) electrons. The molecule has 0 bridgehead atoms. The smallest absolute Gasteiger partial charge is 0.420 e. The first kappa shape index (κ1) is 15.0. The Hall–Kier alpha value is -2.35. The largest absolute Gasteiger partial charge is 0.573 e. The Morgan fingerprint density at radius 3 is 2.43 bits per heavy atom. The van der Waals surface area contributed by atoms with Crippen LogP contribution in [0.25, 0.3) is 0 Å². The maximum atomic E-state index is 12.3. The van der Waals surface area contributed by atoms with E-state index in [0.29, 0.717) is 11.3 Å². The number of hydrogen-bond acceptors (Lipinski definition) is 5. The molecule has 21 heavy (non-hydrogen) atoms. The number of hydrogen-bond donors (Lipinski definition) is 1. The zero-order valence-corrected chi connectivity index (χ0v) is 10.9. The van der Waals surface area contributed by atoms with Gasteiger partial charge >= 0.3 is 12.4 Å². The van der Waals surface area contributed by atoms with Crippen molar-refractivity contribution in [2.45, 2.75) is 19.9 Å². The van der Waals surface area contributed by atoms with Crippen LogP contribution in [0.2, 0.25) is 0 Å². The lowest BCUT2D eigenvalue weighted by Crippen LogP contribution is -2.17. The minimum Gasteiger partial charge on any atom is -0.420 e. The van der Waals surface area contributed by atoms with Gasteiger partial charge < -0.3 is 14.6 Å². The molecule has 112 valence electrons. The molecule has 0 saturated carbocycles. The minimum absolute atomic E-state index is 0.136. The number of alkyl halides is 3. The van der Waals surface area contributed by atoms with Gasteiger partial charge in [0.1, 0.15) is 0 Å². The average Bonchev–Trinajstić information content (AvgIpc) is 2.40. The van der Waals surface area contributed by atoms with Crippen LogP contribution in [0.3, 0.4) is 0 Å². The summed E-state index contributed by atoms with van der Waals surface area (Å²) in [6.45, 7) is 1.39. The van der Waals surface area contributed by atoms with Gasteiger partial charge in [-0.2, -0.15) is 4.98 Å². The van der Waals surface area contributed by atoms with Crippen molar-refractivity contribution in [3.05, 3.63) is 41.7 Å². The van der Waals surface area contributed by atoms with E-state index in [1.165, 1.54) is 24.4 Å². The van der Waals surface area contributed by atoms with E-state index in [0.717, 1.165) is 6.07 Å². The van der Waals surface area contributed by atoms with Gasteiger partial charge in [0.15, 0.2) is 11.5 Å². The number of aryl methyl sites for hydroxylation is 1. The van der Waals surface area contributed by atoms with E-state index in [1.807, 2.05) is 0 Å². The third-order valence-corrected chi connectivity index (χ3v) is 2.51. The Morgan fingerprint density at radius 2 is 1.86 bits per heavy atom. The molecule has 0 fully saturated rings. The van der Waals surface area contributed by atoms with Gasteiger partial charge in [0, 0.05) is 11.8 Å². The summed E-state index contributed by atoms with van der Waals surface area (Å²) >= 11 is 0. The molecule has 8 heteroatoms. The summed E-state index contributed by atoms with van der Waals surface area (Å²) in [7, 11) is 0. The second-order valence-electron chi connectivity index (χ2n) is 4.02. The van der Waals surface area contributed by atoms with Crippen molar-refractivity contribution in [1.29, 1.82) is 0 Å². The highest BCUT2D eigenvalue weighted by atomic mass is 19.4. The zero-order chi connectivity index (χ0) is 15.5. The van der Waals surface area contributed by atoms with Gasteiger partial charge in [0.05, 0.1) is 12.3 Å². The van der Waals surface area contributed by atoms with Gasteiger partial charge in [-0.15, -0.1) is 13.2 Å². The highest BCUT2D eigenvalue weighted by Gasteiger charge is 2.32. The monoisotopic (exact) mass is 300 g/mol. The van der Waals surface area contributed by atoms with Crippen LogP contribution in [0.15, 0.2) is 30.5 Å². The first-order chi connectivity index (χ1) is 9.89. The van der Waals surface area contributed by atoms with Crippen molar-refractivity contribution in [1.82, 2.24) is 9.97 Å². The number of benzene rings is 1. The number of ether oxygens (including phenoxy) is 2. The number of aromatic nitrogens is 2. The second kappa shape index (κ2) is 5.96. The average molecular weight is 300 g/mol. The lowest BCUT2D eigenvalue weighted by Gasteiger charge is -2.13. The second-order valence-corrected chi connectivity index (χ2v) is 4.02. The van der Waals surface area contributed by atoms with Crippen LogP contribution < -0.4 is 9.47 Å². The van der Waals surface area contributed by atoms with Crippen LogP contribution in [-0.4, -0.2) is 21.4 Å². The van der Waals surface area contributed by atoms with Gasteiger partial charge in [-0.1, -0.05) is 12.1 Å². The third-order valence-electron chi connectivity index (χ3n) is 2.51. The third kappa shape index (κ3) is 4.06. The van der Waals surface area contributed by atoms with Crippen molar-refractivity contribution in [2.75, 3.05) is 0 Å².